The first kappa shape index (κ1) is 12.4. The molecule has 1 aromatic carbocycles. The Morgan fingerprint density at radius 2 is 1.82 bits per heavy atom. The Labute approximate surface area is 103 Å². The molecule has 0 saturated carbocycles. The van der Waals surface area contributed by atoms with Crippen LogP contribution in [0.4, 0.5) is 5.69 Å². The van der Waals surface area contributed by atoms with Gasteiger partial charge in [0.2, 0.25) is 0 Å². The van der Waals surface area contributed by atoms with Crippen LogP contribution in [0.15, 0.2) is 24.3 Å². The summed E-state index contributed by atoms with van der Waals surface area (Å²) in [6, 6.07) is 8.03. The van der Waals surface area contributed by atoms with Crippen LogP contribution in [0.3, 0.4) is 0 Å². The molecule has 3 heteroatoms. The standard InChI is InChI=1S/C14H21NO2/c1-10(16)12-3-5-14(6-4-12)15-8-7-13(9-15)11(2)17/h3-6,10-11,13,16-17H,7-9H2,1-2H3. The molecule has 0 spiro atoms. The number of nitrogens with zero attached hydrogens (tertiary/aromatic N) is 1. The number of hydrogen-bond acceptors (Lipinski definition) is 3. The largest absolute Gasteiger partial charge is 0.393 e. The monoisotopic (exact) mass is 235 g/mol. The zero-order chi connectivity index (χ0) is 12.4. The summed E-state index contributed by atoms with van der Waals surface area (Å²) in [5.41, 5.74) is 2.12. The molecule has 0 bridgehead atoms. The van der Waals surface area contributed by atoms with Crippen LogP contribution in [0.25, 0.3) is 0 Å². The topological polar surface area (TPSA) is 43.7 Å². The summed E-state index contributed by atoms with van der Waals surface area (Å²) in [4.78, 5) is 2.29. The Bertz CT molecular complexity index is 359. The third-order valence-electron chi connectivity index (χ3n) is 3.65. The summed E-state index contributed by atoms with van der Waals surface area (Å²) in [5, 5.41) is 19.0. The van der Waals surface area contributed by atoms with Gasteiger partial charge in [-0.15, -0.1) is 0 Å². The van der Waals surface area contributed by atoms with Crippen molar-refractivity contribution in [1.29, 1.82) is 0 Å². The van der Waals surface area contributed by atoms with Gasteiger partial charge in [0.25, 0.3) is 0 Å². The number of aliphatic hydroxyl groups is 2. The molecule has 17 heavy (non-hydrogen) atoms. The van der Waals surface area contributed by atoms with E-state index in [1.807, 2.05) is 31.2 Å². The third-order valence-corrected chi connectivity index (χ3v) is 3.65. The van der Waals surface area contributed by atoms with Crippen LogP contribution >= 0.6 is 0 Å². The maximum Gasteiger partial charge on any atom is 0.0761 e. The lowest BCUT2D eigenvalue weighted by molar-refractivity contribution is 0.136. The number of rotatable bonds is 3. The second-order valence-corrected chi connectivity index (χ2v) is 5.00. The Hall–Kier alpha value is -1.06. The molecule has 0 amide bonds. The van der Waals surface area contributed by atoms with Crippen molar-refractivity contribution in [1.82, 2.24) is 0 Å². The maximum absolute atomic E-state index is 9.57. The lowest BCUT2D eigenvalue weighted by Gasteiger charge is -2.20. The minimum Gasteiger partial charge on any atom is -0.393 e. The van der Waals surface area contributed by atoms with Crippen LogP contribution in [0.2, 0.25) is 0 Å². The first-order valence-electron chi connectivity index (χ1n) is 6.29. The molecule has 0 aromatic heterocycles. The summed E-state index contributed by atoms with van der Waals surface area (Å²) in [6.07, 6.45) is 0.417. The molecule has 2 N–H and O–H groups in total. The first-order valence-corrected chi connectivity index (χ1v) is 6.29. The highest BCUT2D eigenvalue weighted by atomic mass is 16.3. The van der Waals surface area contributed by atoms with Gasteiger partial charge in [0.15, 0.2) is 0 Å². The van der Waals surface area contributed by atoms with E-state index in [4.69, 9.17) is 0 Å². The van der Waals surface area contributed by atoms with Gasteiger partial charge in [0.05, 0.1) is 12.2 Å². The average Bonchev–Trinajstić information content (AvgIpc) is 2.78. The van der Waals surface area contributed by atoms with Gasteiger partial charge in [-0.2, -0.15) is 0 Å². The van der Waals surface area contributed by atoms with Gasteiger partial charge < -0.3 is 15.1 Å². The quantitative estimate of drug-likeness (QED) is 0.841. The molecule has 94 valence electrons. The van der Waals surface area contributed by atoms with Crippen molar-refractivity contribution in [2.24, 2.45) is 5.92 Å². The Balaban J connectivity index is 2.04. The van der Waals surface area contributed by atoms with E-state index in [0.29, 0.717) is 5.92 Å². The van der Waals surface area contributed by atoms with Crippen molar-refractivity contribution >= 4 is 5.69 Å². The lowest BCUT2D eigenvalue weighted by atomic mass is 10.0. The molecule has 2 rings (SSSR count). The van der Waals surface area contributed by atoms with Crippen LogP contribution in [-0.2, 0) is 0 Å². The molecule has 1 aromatic rings. The molecular weight excluding hydrogens is 214 g/mol. The summed E-state index contributed by atoms with van der Waals surface area (Å²) < 4.78 is 0. The highest BCUT2D eigenvalue weighted by Crippen LogP contribution is 2.26. The van der Waals surface area contributed by atoms with E-state index in [1.54, 1.807) is 6.92 Å². The van der Waals surface area contributed by atoms with E-state index >= 15 is 0 Å². The van der Waals surface area contributed by atoms with E-state index in [9.17, 15) is 10.2 Å². The summed E-state index contributed by atoms with van der Waals surface area (Å²) >= 11 is 0. The predicted octanol–water partition coefficient (Wildman–Crippen LogP) is 1.95. The Morgan fingerprint density at radius 1 is 1.18 bits per heavy atom. The fourth-order valence-electron chi connectivity index (χ4n) is 2.38. The highest BCUT2D eigenvalue weighted by molar-refractivity contribution is 5.48. The fourth-order valence-corrected chi connectivity index (χ4v) is 2.38. The second kappa shape index (κ2) is 5.07. The van der Waals surface area contributed by atoms with Crippen LogP contribution < -0.4 is 4.90 Å². The van der Waals surface area contributed by atoms with Crippen LogP contribution in [0.5, 0.6) is 0 Å². The zero-order valence-electron chi connectivity index (χ0n) is 10.5. The van der Waals surface area contributed by atoms with Gasteiger partial charge in [-0.1, -0.05) is 12.1 Å². The van der Waals surface area contributed by atoms with E-state index in [0.717, 1.165) is 25.1 Å². The molecule has 0 aliphatic carbocycles. The number of anilines is 1. The third kappa shape index (κ3) is 2.79. The van der Waals surface area contributed by atoms with Crippen molar-refractivity contribution in [3.63, 3.8) is 0 Å². The molecule has 1 heterocycles. The number of aliphatic hydroxyl groups excluding tert-OH is 2. The lowest BCUT2D eigenvalue weighted by Crippen LogP contribution is -2.23. The maximum atomic E-state index is 9.57. The van der Waals surface area contributed by atoms with Crippen LogP contribution in [-0.4, -0.2) is 29.4 Å². The molecule has 3 nitrogen and oxygen atoms in total. The van der Waals surface area contributed by atoms with Crippen LogP contribution in [0, 0.1) is 5.92 Å². The smallest absolute Gasteiger partial charge is 0.0761 e. The van der Waals surface area contributed by atoms with Crippen LogP contribution in [0.1, 0.15) is 31.9 Å². The first-order chi connectivity index (χ1) is 8.08. The van der Waals surface area contributed by atoms with E-state index in [2.05, 4.69) is 4.90 Å². The zero-order valence-corrected chi connectivity index (χ0v) is 10.5. The predicted molar refractivity (Wildman–Crippen MR) is 69.1 cm³/mol. The second-order valence-electron chi connectivity index (χ2n) is 5.00. The molecule has 3 atom stereocenters. The van der Waals surface area contributed by atoms with E-state index in [-0.39, 0.29) is 6.10 Å². The molecular formula is C14H21NO2. The van der Waals surface area contributed by atoms with E-state index < -0.39 is 6.10 Å². The Kier molecular flexibility index (Phi) is 3.69. The van der Waals surface area contributed by atoms with Gasteiger partial charge in [-0.3, -0.25) is 0 Å². The SMILES string of the molecule is CC(O)c1ccc(N2CCC(C(C)O)C2)cc1. The highest BCUT2D eigenvalue weighted by Gasteiger charge is 2.25. The van der Waals surface area contributed by atoms with Gasteiger partial charge >= 0.3 is 0 Å². The Morgan fingerprint density at radius 3 is 2.29 bits per heavy atom. The van der Waals surface area contributed by atoms with Crippen molar-refractivity contribution < 1.29 is 10.2 Å². The van der Waals surface area contributed by atoms with Crippen molar-refractivity contribution in [2.45, 2.75) is 32.5 Å². The normalized spacial score (nSPS) is 23.8. The average molecular weight is 235 g/mol. The van der Waals surface area contributed by atoms with E-state index in [1.165, 1.54) is 5.69 Å². The van der Waals surface area contributed by atoms with Gasteiger partial charge in [0, 0.05) is 24.7 Å². The summed E-state index contributed by atoms with van der Waals surface area (Å²) in [5.74, 6) is 0.381. The molecule has 1 aliphatic heterocycles. The molecule has 0 radical (unpaired) electrons. The van der Waals surface area contributed by atoms with Gasteiger partial charge in [0.1, 0.15) is 0 Å². The molecule has 1 saturated heterocycles. The molecule has 1 aliphatic rings. The molecule has 3 unspecified atom stereocenters. The van der Waals surface area contributed by atoms with Gasteiger partial charge in [-0.05, 0) is 38.0 Å². The van der Waals surface area contributed by atoms with Gasteiger partial charge in [-0.25, -0.2) is 0 Å². The summed E-state index contributed by atoms with van der Waals surface area (Å²) in [7, 11) is 0. The molecule has 1 fully saturated rings. The fraction of sp³-hybridized carbons (Fsp3) is 0.571. The minimum absolute atomic E-state index is 0.225. The van der Waals surface area contributed by atoms with Crippen molar-refractivity contribution in [3.8, 4) is 0 Å². The van der Waals surface area contributed by atoms with Crippen molar-refractivity contribution in [3.05, 3.63) is 29.8 Å². The number of benzene rings is 1. The number of hydrogen-bond donors (Lipinski definition) is 2. The van der Waals surface area contributed by atoms with Crippen molar-refractivity contribution in [2.75, 3.05) is 18.0 Å². The minimum atomic E-state index is -0.409. The summed E-state index contributed by atoms with van der Waals surface area (Å²) in [6.45, 7) is 5.56.